The number of rotatable bonds is 1. The summed E-state index contributed by atoms with van der Waals surface area (Å²) in [6, 6.07) is 12.0. The van der Waals surface area contributed by atoms with Crippen molar-refractivity contribution in [3.63, 3.8) is 0 Å². The van der Waals surface area contributed by atoms with Gasteiger partial charge in [0.15, 0.2) is 11.0 Å². The molecular weight excluding hydrogens is 210 g/mol. The highest BCUT2D eigenvalue weighted by molar-refractivity contribution is 6.30. The molecule has 0 aliphatic rings. The molecule has 15 heavy (non-hydrogen) atoms. The van der Waals surface area contributed by atoms with Gasteiger partial charge in [-0.25, -0.2) is 9.97 Å². The zero-order valence-electron chi connectivity index (χ0n) is 7.61. The highest BCUT2D eigenvalue weighted by Crippen LogP contribution is 2.18. The van der Waals surface area contributed by atoms with E-state index in [0.29, 0.717) is 5.82 Å². The maximum Gasteiger partial charge on any atom is 0.160 e. The van der Waals surface area contributed by atoms with E-state index in [2.05, 4.69) is 16.0 Å². The van der Waals surface area contributed by atoms with E-state index in [9.17, 15) is 0 Å². The van der Waals surface area contributed by atoms with E-state index in [4.69, 9.17) is 16.9 Å². The van der Waals surface area contributed by atoms with E-state index < -0.39 is 0 Å². The van der Waals surface area contributed by atoms with Gasteiger partial charge in [-0.3, -0.25) is 0 Å². The first-order chi connectivity index (χ1) is 7.31. The van der Waals surface area contributed by atoms with E-state index >= 15 is 0 Å². The Balaban J connectivity index is 2.49. The molecule has 0 spiro atoms. The van der Waals surface area contributed by atoms with E-state index in [1.807, 2.05) is 18.2 Å². The van der Waals surface area contributed by atoms with E-state index in [-0.39, 0.29) is 10.7 Å². The molecule has 1 heterocycles. The van der Waals surface area contributed by atoms with Crippen LogP contribution in [-0.2, 0) is 0 Å². The molecule has 0 fully saturated rings. The fraction of sp³-hybridized carbons (Fsp3) is 0. The number of aromatic nitrogens is 2. The second kappa shape index (κ2) is 4.07. The standard InChI is InChI=1S/C11H5ClN3/c12-10-9(6-13)7-14-11(15-10)8-4-2-1-3-5-8/h2-5,7H. The van der Waals surface area contributed by atoms with Crippen molar-refractivity contribution in [3.05, 3.63) is 47.2 Å². The maximum absolute atomic E-state index is 8.66. The molecule has 0 saturated carbocycles. The predicted octanol–water partition coefficient (Wildman–Crippen LogP) is 2.47. The normalized spacial score (nSPS) is 9.60. The van der Waals surface area contributed by atoms with Crippen LogP contribution in [0.1, 0.15) is 5.56 Å². The number of hydrogen-bond donors (Lipinski definition) is 0. The molecule has 0 bridgehead atoms. The third-order valence-electron chi connectivity index (χ3n) is 1.84. The van der Waals surface area contributed by atoms with Gasteiger partial charge in [0.1, 0.15) is 11.6 Å². The number of hydrogen-bond acceptors (Lipinski definition) is 3. The molecule has 0 unspecified atom stereocenters. The molecule has 0 aliphatic carbocycles. The van der Waals surface area contributed by atoms with E-state index in [1.54, 1.807) is 12.1 Å². The Morgan fingerprint density at radius 3 is 2.67 bits per heavy atom. The average molecular weight is 215 g/mol. The summed E-state index contributed by atoms with van der Waals surface area (Å²) in [5, 5.41) is 8.84. The summed E-state index contributed by atoms with van der Waals surface area (Å²) in [5.41, 5.74) is 1.13. The molecule has 0 atom stereocenters. The van der Waals surface area contributed by atoms with E-state index in [1.165, 1.54) is 6.20 Å². The molecular formula is C11H5ClN3. The molecule has 3 nitrogen and oxygen atoms in total. The van der Waals surface area contributed by atoms with Crippen LogP contribution in [0.2, 0.25) is 5.15 Å². The zero-order chi connectivity index (χ0) is 10.7. The van der Waals surface area contributed by atoms with Crippen LogP contribution < -0.4 is 0 Å². The van der Waals surface area contributed by atoms with Crippen LogP contribution in [0.4, 0.5) is 0 Å². The fourth-order valence-corrected chi connectivity index (χ4v) is 1.28. The topological polar surface area (TPSA) is 49.6 Å². The first kappa shape index (κ1) is 9.63. The summed E-state index contributed by atoms with van der Waals surface area (Å²) in [6.07, 6.45) is 1.42. The molecule has 1 aromatic heterocycles. The third kappa shape index (κ3) is 1.95. The first-order valence-electron chi connectivity index (χ1n) is 4.20. The average Bonchev–Trinajstić information content (AvgIpc) is 2.30. The minimum absolute atomic E-state index is 0.176. The highest BCUT2D eigenvalue weighted by atomic mass is 35.5. The number of halogens is 1. The van der Waals surface area contributed by atoms with Crippen molar-refractivity contribution in [2.45, 2.75) is 0 Å². The molecule has 1 radical (unpaired) electrons. The van der Waals surface area contributed by atoms with Crippen LogP contribution in [0.3, 0.4) is 0 Å². The Morgan fingerprint density at radius 2 is 2.07 bits per heavy atom. The predicted molar refractivity (Wildman–Crippen MR) is 56.0 cm³/mol. The largest absolute Gasteiger partial charge is 0.235 e. The van der Waals surface area contributed by atoms with Crippen LogP contribution in [0, 0.1) is 17.4 Å². The summed E-state index contributed by atoms with van der Waals surface area (Å²) < 4.78 is 0. The van der Waals surface area contributed by atoms with Crippen molar-refractivity contribution in [3.8, 4) is 17.5 Å². The summed E-state index contributed by atoms with van der Waals surface area (Å²) >= 11 is 5.80. The van der Waals surface area contributed by atoms with Crippen LogP contribution >= 0.6 is 11.6 Å². The minimum atomic E-state index is 0.176. The van der Waals surface area contributed by atoms with Gasteiger partial charge < -0.3 is 0 Å². The Kier molecular flexibility index (Phi) is 2.61. The van der Waals surface area contributed by atoms with Crippen molar-refractivity contribution < 1.29 is 0 Å². The van der Waals surface area contributed by atoms with Crippen molar-refractivity contribution in [1.29, 1.82) is 5.26 Å². The molecule has 1 aromatic carbocycles. The van der Waals surface area contributed by atoms with Gasteiger partial charge in [-0.15, -0.1) is 0 Å². The lowest BCUT2D eigenvalue weighted by Crippen LogP contribution is -1.91. The van der Waals surface area contributed by atoms with Gasteiger partial charge in [0.25, 0.3) is 0 Å². The molecule has 4 heteroatoms. The van der Waals surface area contributed by atoms with Crippen molar-refractivity contribution in [2.24, 2.45) is 0 Å². The molecule has 0 saturated heterocycles. The fourth-order valence-electron chi connectivity index (χ4n) is 1.11. The summed E-state index contributed by atoms with van der Waals surface area (Å²) in [6.45, 7) is 0. The Hall–Kier alpha value is -1.92. The lowest BCUT2D eigenvalue weighted by molar-refractivity contribution is 1.16. The minimum Gasteiger partial charge on any atom is -0.235 e. The number of benzene rings is 1. The third-order valence-corrected chi connectivity index (χ3v) is 2.13. The van der Waals surface area contributed by atoms with Gasteiger partial charge >= 0.3 is 0 Å². The second-order valence-electron chi connectivity index (χ2n) is 2.80. The molecule has 0 aliphatic heterocycles. The molecule has 71 valence electrons. The van der Waals surface area contributed by atoms with Gasteiger partial charge in [0, 0.05) is 5.56 Å². The van der Waals surface area contributed by atoms with Crippen molar-refractivity contribution in [2.75, 3.05) is 0 Å². The lowest BCUT2D eigenvalue weighted by Gasteiger charge is -2.00. The number of nitrogens with zero attached hydrogens (tertiary/aromatic N) is 3. The summed E-state index contributed by atoms with van der Waals surface area (Å²) in [4.78, 5) is 8.08. The molecule has 2 aromatic rings. The highest BCUT2D eigenvalue weighted by Gasteiger charge is 2.05. The van der Waals surface area contributed by atoms with Gasteiger partial charge in [-0.05, 0) is 6.07 Å². The first-order valence-corrected chi connectivity index (χ1v) is 4.58. The quantitative estimate of drug-likeness (QED) is 0.686. The van der Waals surface area contributed by atoms with Crippen LogP contribution in [-0.4, -0.2) is 9.97 Å². The Bertz CT molecular complexity index is 517. The maximum atomic E-state index is 8.66. The number of nitriles is 1. The van der Waals surface area contributed by atoms with Crippen LogP contribution in [0.5, 0.6) is 0 Å². The molecule has 0 N–H and O–H groups in total. The second-order valence-corrected chi connectivity index (χ2v) is 3.16. The van der Waals surface area contributed by atoms with Crippen LogP contribution in [0.25, 0.3) is 11.4 Å². The SMILES string of the molecule is N#Cc1cnc(-c2cc[c]cc2)nc1Cl. The summed E-state index contributed by atoms with van der Waals surface area (Å²) in [7, 11) is 0. The summed E-state index contributed by atoms with van der Waals surface area (Å²) in [5.74, 6) is 0.507. The van der Waals surface area contributed by atoms with Crippen molar-refractivity contribution in [1.82, 2.24) is 9.97 Å². The Morgan fingerprint density at radius 1 is 1.33 bits per heavy atom. The van der Waals surface area contributed by atoms with Gasteiger partial charge in [0.05, 0.1) is 6.20 Å². The van der Waals surface area contributed by atoms with Gasteiger partial charge in [-0.2, -0.15) is 5.26 Å². The van der Waals surface area contributed by atoms with Gasteiger partial charge in [0.2, 0.25) is 0 Å². The zero-order valence-corrected chi connectivity index (χ0v) is 8.36. The Labute approximate surface area is 92.0 Å². The van der Waals surface area contributed by atoms with E-state index in [0.717, 1.165) is 5.56 Å². The molecule has 0 amide bonds. The smallest absolute Gasteiger partial charge is 0.160 e. The van der Waals surface area contributed by atoms with Crippen LogP contribution in [0.15, 0.2) is 30.5 Å². The van der Waals surface area contributed by atoms with Crippen molar-refractivity contribution >= 4 is 11.6 Å². The lowest BCUT2D eigenvalue weighted by atomic mass is 10.2. The monoisotopic (exact) mass is 214 g/mol. The molecule has 2 rings (SSSR count). The van der Waals surface area contributed by atoms with Gasteiger partial charge in [-0.1, -0.05) is 35.9 Å².